The maximum absolute atomic E-state index is 10.6. The minimum Gasteiger partial charge on any atom is -0.768 e. The van der Waals surface area contributed by atoms with E-state index in [1.54, 1.807) is 6.92 Å². The Bertz CT molecular complexity index is 338. The highest BCUT2D eigenvalue weighted by Gasteiger charge is 2.06. The highest BCUT2D eigenvalue weighted by atomic mass is 35.5. The number of halogens is 2. The van der Waals surface area contributed by atoms with Crippen molar-refractivity contribution in [2.24, 2.45) is 0 Å². The lowest BCUT2D eigenvalue weighted by Crippen LogP contribution is -1.92. The van der Waals surface area contributed by atoms with Crippen LogP contribution in [0.4, 0.5) is 0 Å². The molecule has 1 aromatic rings. The molecule has 0 fully saturated rings. The molecule has 1 atom stereocenters. The summed E-state index contributed by atoms with van der Waals surface area (Å²) in [5, 5.41) is 0.657. The molecule has 5 heteroatoms. The molecule has 0 radical (unpaired) electrons. The summed E-state index contributed by atoms with van der Waals surface area (Å²) in [6, 6.07) is 2.88. The van der Waals surface area contributed by atoms with Crippen LogP contribution in [0.5, 0.6) is 0 Å². The second kappa shape index (κ2) is 3.75. The van der Waals surface area contributed by atoms with Gasteiger partial charge in [0, 0.05) is 9.92 Å². The van der Waals surface area contributed by atoms with Crippen molar-refractivity contribution >= 4 is 34.3 Å². The molecule has 0 heterocycles. The lowest BCUT2D eigenvalue weighted by molar-refractivity contribution is 0.537. The summed E-state index contributed by atoms with van der Waals surface area (Å²) in [5.74, 6) is 0. The largest absolute Gasteiger partial charge is 0.768 e. The van der Waals surface area contributed by atoms with E-state index >= 15 is 0 Å². The fourth-order valence-electron chi connectivity index (χ4n) is 0.765. The molecular weight excluding hydrogens is 219 g/mol. The van der Waals surface area contributed by atoms with E-state index < -0.39 is 11.1 Å². The van der Waals surface area contributed by atoms with E-state index in [2.05, 4.69) is 0 Å². The molecule has 0 aliphatic heterocycles. The van der Waals surface area contributed by atoms with E-state index in [-0.39, 0.29) is 9.92 Å². The van der Waals surface area contributed by atoms with Crippen molar-refractivity contribution in [3.05, 3.63) is 27.7 Å². The van der Waals surface area contributed by atoms with Gasteiger partial charge in [0.2, 0.25) is 0 Å². The van der Waals surface area contributed by atoms with Crippen LogP contribution in [-0.2, 0) is 11.1 Å². The van der Waals surface area contributed by atoms with Gasteiger partial charge in [-0.2, -0.15) is 0 Å². The minimum absolute atomic E-state index is 0.0820. The Morgan fingerprint density at radius 2 is 2.00 bits per heavy atom. The summed E-state index contributed by atoms with van der Waals surface area (Å²) in [6.45, 7) is 1.67. The standard InChI is InChI=1S/C7H6Cl2O2S/c1-4-5(8)2-3-6(7(4)9)12(10)11/h2-3H,1H3,(H,10,11)/p-1. The Kier molecular flexibility index (Phi) is 3.12. The summed E-state index contributed by atoms with van der Waals surface area (Å²) in [5.41, 5.74) is 0.583. The molecule has 0 saturated carbocycles. The summed E-state index contributed by atoms with van der Waals surface area (Å²) < 4.78 is 21.1. The van der Waals surface area contributed by atoms with Gasteiger partial charge in [-0.15, -0.1) is 0 Å². The number of rotatable bonds is 1. The third-order valence-corrected chi connectivity index (χ3v) is 3.17. The maximum Gasteiger partial charge on any atom is 0.0599 e. The maximum atomic E-state index is 10.6. The van der Waals surface area contributed by atoms with Gasteiger partial charge in [-0.25, -0.2) is 0 Å². The van der Waals surface area contributed by atoms with Crippen molar-refractivity contribution in [3.63, 3.8) is 0 Å². The topological polar surface area (TPSA) is 40.1 Å². The van der Waals surface area contributed by atoms with Gasteiger partial charge in [0.1, 0.15) is 0 Å². The van der Waals surface area contributed by atoms with Gasteiger partial charge in [-0.1, -0.05) is 23.2 Å². The zero-order valence-corrected chi connectivity index (χ0v) is 8.46. The highest BCUT2D eigenvalue weighted by molar-refractivity contribution is 7.79. The average molecular weight is 224 g/mol. The van der Waals surface area contributed by atoms with E-state index in [9.17, 15) is 8.76 Å². The van der Waals surface area contributed by atoms with Crippen LogP contribution in [0.2, 0.25) is 10.0 Å². The molecule has 0 aliphatic carbocycles. The third kappa shape index (κ3) is 1.80. The quantitative estimate of drug-likeness (QED) is 0.687. The van der Waals surface area contributed by atoms with Crippen LogP contribution in [0, 0.1) is 6.92 Å². The molecule has 0 aliphatic rings. The molecule has 1 rings (SSSR count). The van der Waals surface area contributed by atoms with Crippen molar-refractivity contribution < 1.29 is 8.76 Å². The molecule has 0 bridgehead atoms. The van der Waals surface area contributed by atoms with Gasteiger partial charge < -0.3 is 4.55 Å². The van der Waals surface area contributed by atoms with Crippen molar-refractivity contribution in [1.82, 2.24) is 0 Å². The predicted octanol–water partition coefficient (Wildman–Crippen LogP) is 2.54. The SMILES string of the molecule is Cc1c(Cl)ccc(S(=O)[O-])c1Cl. The Balaban J connectivity index is 3.36. The summed E-state index contributed by atoms with van der Waals surface area (Å²) in [4.78, 5) is 0.0820. The van der Waals surface area contributed by atoms with Gasteiger partial charge in [0.05, 0.1) is 5.02 Å². The summed E-state index contributed by atoms with van der Waals surface area (Å²) in [7, 11) is 0. The molecule has 0 N–H and O–H groups in total. The van der Waals surface area contributed by atoms with Crippen LogP contribution in [0.25, 0.3) is 0 Å². The van der Waals surface area contributed by atoms with Crippen LogP contribution >= 0.6 is 23.2 Å². The van der Waals surface area contributed by atoms with Gasteiger partial charge in [-0.3, -0.25) is 4.21 Å². The molecular formula is C7H5Cl2O2S-. The molecule has 0 saturated heterocycles. The first-order valence-corrected chi connectivity index (χ1v) is 4.91. The fraction of sp³-hybridized carbons (Fsp3) is 0.143. The Hall–Kier alpha value is -0.0900. The predicted molar refractivity (Wildman–Crippen MR) is 48.4 cm³/mol. The molecule has 1 aromatic carbocycles. The van der Waals surface area contributed by atoms with Gasteiger partial charge in [0.15, 0.2) is 0 Å². The van der Waals surface area contributed by atoms with Crippen LogP contribution in [0.1, 0.15) is 5.56 Å². The molecule has 0 spiro atoms. The molecule has 0 aromatic heterocycles. The zero-order valence-electron chi connectivity index (χ0n) is 6.14. The Labute approximate surface area is 82.8 Å². The van der Waals surface area contributed by atoms with Crippen molar-refractivity contribution in [2.45, 2.75) is 11.8 Å². The van der Waals surface area contributed by atoms with Crippen LogP contribution in [-0.4, -0.2) is 8.76 Å². The molecule has 1 unspecified atom stereocenters. The van der Waals surface area contributed by atoms with Crippen molar-refractivity contribution in [3.8, 4) is 0 Å². The smallest absolute Gasteiger partial charge is 0.0599 e. The first-order chi connectivity index (χ1) is 5.54. The monoisotopic (exact) mass is 223 g/mol. The Morgan fingerprint density at radius 3 is 2.50 bits per heavy atom. The molecule has 0 amide bonds. The zero-order chi connectivity index (χ0) is 9.30. The second-order valence-corrected chi connectivity index (χ2v) is 3.91. The van der Waals surface area contributed by atoms with Gasteiger partial charge >= 0.3 is 0 Å². The minimum atomic E-state index is -2.30. The first-order valence-electron chi connectivity index (χ1n) is 3.08. The highest BCUT2D eigenvalue weighted by Crippen LogP contribution is 2.28. The molecule has 2 nitrogen and oxygen atoms in total. The first kappa shape index (κ1) is 9.99. The number of hydrogen-bond donors (Lipinski definition) is 0. The number of benzene rings is 1. The van der Waals surface area contributed by atoms with E-state index in [1.807, 2.05) is 0 Å². The van der Waals surface area contributed by atoms with Gasteiger partial charge in [0.25, 0.3) is 0 Å². The third-order valence-electron chi connectivity index (χ3n) is 1.46. The second-order valence-electron chi connectivity index (χ2n) is 2.22. The van der Waals surface area contributed by atoms with Crippen molar-refractivity contribution in [2.75, 3.05) is 0 Å². The average Bonchev–Trinajstić information content (AvgIpc) is 2.00. The van der Waals surface area contributed by atoms with E-state index in [1.165, 1.54) is 12.1 Å². The molecule has 66 valence electrons. The Morgan fingerprint density at radius 1 is 1.42 bits per heavy atom. The van der Waals surface area contributed by atoms with Crippen LogP contribution in [0.3, 0.4) is 0 Å². The van der Waals surface area contributed by atoms with Crippen LogP contribution in [0.15, 0.2) is 17.0 Å². The summed E-state index contributed by atoms with van der Waals surface area (Å²) in [6.07, 6.45) is 0. The van der Waals surface area contributed by atoms with E-state index in [4.69, 9.17) is 23.2 Å². The van der Waals surface area contributed by atoms with Crippen LogP contribution < -0.4 is 0 Å². The van der Waals surface area contributed by atoms with Crippen molar-refractivity contribution in [1.29, 1.82) is 0 Å². The fourth-order valence-corrected chi connectivity index (χ4v) is 1.80. The lowest BCUT2D eigenvalue weighted by atomic mass is 10.2. The lowest BCUT2D eigenvalue weighted by Gasteiger charge is -2.09. The number of hydrogen-bond acceptors (Lipinski definition) is 2. The summed E-state index contributed by atoms with van der Waals surface area (Å²) >= 11 is 9.12. The normalized spacial score (nSPS) is 13.0. The van der Waals surface area contributed by atoms with E-state index in [0.29, 0.717) is 10.6 Å². The molecule has 12 heavy (non-hydrogen) atoms. The van der Waals surface area contributed by atoms with Gasteiger partial charge in [-0.05, 0) is 35.7 Å². The van der Waals surface area contributed by atoms with E-state index in [0.717, 1.165) is 0 Å².